The lowest BCUT2D eigenvalue weighted by atomic mass is 9.86. The van der Waals surface area contributed by atoms with E-state index in [0.717, 1.165) is 42.5 Å². The predicted octanol–water partition coefficient (Wildman–Crippen LogP) is 2.99. The highest BCUT2D eigenvalue weighted by atomic mass is 16.5. The number of benzene rings is 1. The zero-order chi connectivity index (χ0) is 14.4. The van der Waals surface area contributed by atoms with Gasteiger partial charge in [-0.15, -0.1) is 0 Å². The molecule has 0 bridgehead atoms. The molecule has 20 heavy (non-hydrogen) atoms. The van der Waals surface area contributed by atoms with Crippen molar-refractivity contribution in [2.45, 2.75) is 32.7 Å². The molecule has 0 aromatic heterocycles. The Morgan fingerprint density at radius 2 is 1.80 bits per heavy atom. The average Bonchev–Trinajstić information content (AvgIpc) is 2.43. The minimum Gasteiger partial charge on any atom is -0.493 e. The number of rotatable bonds is 8. The molecule has 0 atom stereocenters. The smallest absolute Gasteiger partial charge is 0.203 e. The van der Waals surface area contributed by atoms with Gasteiger partial charge in [0.25, 0.3) is 0 Å². The Bertz CT molecular complexity index is 405. The second kappa shape index (κ2) is 7.39. The first-order valence-corrected chi connectivity index (χ1v) is 7.36. The van der Waals surface area contributed by atoms with Crippen LogP contribution in [0.4, 0.5) is 0 Å². The maximum Gasteiger partial charge on any atom is 0.203 e. The van der Waals surface area contributed by atoms with Gasteiger partial charge < -0.3 is 19.5 Å². The Morgan fingerprint density at radius 3 is 2.25 bits per heavy atom. The number of methoxy groups -OCH3 is 2. The van der Waals surface area contributed by atoms with Gasteiger partial charge in [-0.3, -0.25) is 0 Å². The van der Waals surface area contributed by atoms with Crippen LogP contribution in [0.2, 0.25) is 0 Å². The quantitative estimate of drug-likeness (QED) is 0.794. The van der Waals surface area contributed by atoms with Gasteiger partial charge in [0.15, 0.2) is 11.5 Å². The van der Waals surface area contributed by atoms with Gasteiger partial charge in [-0.2, -0.15) is 0 Å². The lowest BCUT2D eigenvalue weighted by Gasteiger charge is -2.26. The van der Waals surface area contributed by atoms with E-state index in [4.69, 9.17) is 14.2 Å². The second-order valence-electron chi connectivity index (χ2n) is 5.22. The topological polar surface area (TPSA) is 39.7 Å². The highest BCUT2D eigenvalue weighted by Crippen LogP contribution is 2.39. The van der Waals surface area contributed by atoms with Gasteiger partial charge in [-0.05, 0) is 43.0 Å². The molecule has 1 aliphatic carbocycles. The van der Waals surface area contributed by atoms with Crippen LogP contribution in [0.15, 0.2) is 12.1 Å². The van der Waals surface area contributed by atoms with Crippen molar-refractivity contribution in [2.75, 3.05) is 27.4 Å². The molecule has 0 saturated heterocycles. The third-order valence-electron chi connectivity index (χ3n) is 3.79. The van der Waals surface area contributed by atoms with Crippen molar-refractivity contribution in [3.63, 3.8) is 0 Å². The summed E-state index contributed by atoms with van der Waals surface area (Å²) in [6.07, 6.45) is 3.86. The third-order valence-corrected chi connectivity index (χ3v) is 3.79. The fourth-order valence-corrected chi connectivity index (χ4v) is 2.31. The zero-order valence-electron chi connectivity index (χ0n) is 12.7. The summed E-state index contributed by atoms with van der Waals surface area (Å²) in [5.41, 5.74) is 1.14. The van der Waals surface area contributed by atoms with Crippen molar-refractivity contribution in [1.82, 2.24) is 5.32 Å². The van der Waals surface area contributed by atoms with Crippen molar-refractivity contribution in [2.24, 2.45) is 5.92 Å². The molecular weight excluding hydrogens is 254 g/mol. The van der Waals surface area contributed by atoms with Crippen molar-refractivity contribution >= 4 is 0 Å². The molecule has 1 N–H and O–H groups in total. The molecule has 1 aromatic carbocycles. The maximum atomic E-state index is 5.94. The molecule has 0 amide bonds. The van der Waals surface area contributed by atoms with E-state index in [1.165, 1.54) is 19.3 Å². The van der Waals surface area contributed by atoms with E-state index in [1.807, 2.05) is 12.1 Å². The molecule has 4 nitrogen and oxygen atoms in total. The van der Waals surface area contributed by atoms with Crippen LogP contribution in [-0.4, -0.2) is 27.4 Å². The lowest BCUT2D eigenvalue weighted by molar-refractivity contribution is 0.171. The third kappa shape index (κ3) is 3.57. The van der Waals surface area contributed by atoms with Crippen LogP contribution in [0.3, 0.4) is 0 Å². The van der Waals surface area contributed by atoms with Gasteiger partial charge in [0.2, 0.25) is 5.75 Å². The summed E-state index contributed by atoms with van der Waals surface area (Å²) in [6.45, 7) is 4.57. The van der Waals surface area contributed by atoms with E-state index < -0.39 is 0 Å². The van der Waals surface area contributed by atoms with Crippen LogP contribution in [0, 0.1) is 5.92 Å². The second-order valence-corrected chi connectivity index (χ2v) is 5.22. The molecule has 0 heterocycles. The molecule has 0 unspecified atom stereocenters. The van der Waals surface area contributed by atoms with Crippen molar-refractivity contribution in [1.29, 1.82) is 0 Å². The van der Waals surface area contributed by atoms with E-state index in [1.54, 1.807) is 14.2 Å². The summed E-state index contributed by atoms with van der Waals surface area (Å²) in [5.74, 6) is 2.90. The lowest BCUT2D eigenvalue weighted by Crippen LogP contribution is -2.19. The molecule has 1 aromatic rings. The Morgan fingerprint density at radius 1 is 1.15 bits per heavy atom. The molecule has 1 fully saturated rings. The predicted molar refractivity (Wildman–Crippen MR) is 79.8 cm³/mol. The van der Waals surface area contributed by atoms with Crippen molar-refractivity contribution < 1.29 is 14.2 Å². The largest absolute Gasteiger partial charge is 0.493 e. The van der Waals surface area contributed by atoms with Gasteiger partial charge >= 0.3 is 0 Å². The minimum atomic E-state index is 0.686. The molecule has 0 aliphatic heterocycles. The SMILES string of the molecule is CCNCc1cc(OC)c(OCC2CCC2)c(OC)c1. The molecule has 4 heteroatoms. The molecule has 1 saturated carbocycles. The summed E-state index contributed by atoms with van der Waals surface area (Å²) in [4.78, 5) is 0. The normalized spacial score (nSPS) is 14.8. The van der Waals surface area contributed by atoms with Crippen LogP contribution in [0.5, 0.6) is 17.2 Å². The van der Waals surface area contributed by atoms with E-state index >= 15 is 0 Å². The Labute approximate surface area is 121 Å². The summed E-state index contributed by atoms with van der Waals surface area (Å²) >= 11 is 0. The van der Waals surface area contributed by atoms with Crippen LogP contribution in [-0.2, 0) is 6.54 Å². The number of hydrogen-bond donors (Lipinski definition) is 1. The first-order valence-electron chi connectivity index (χ1n) is 7.36. The number of ether oxygens (including phenoxy) is 3. The van der Waals surface area contributed by atoms with Gasteiger partial charge in [-0.25, -0.2) is 0 Å². The minimum absolute atomic E-state index is 0.686. The van der Waals surface area contributed by atoms with Crippen LogP contribution in [0.1, 0.15) is 31.7 Å². The van der Waals surface area contributed by atoms with Crippen molar-refractivity contribution in [3.05, 3.63) is 17.7 Å². The number of nitrogens with one attached hydrogen (secondary N) is 1. The Hall–Kier alpha value is -1.42. The van der Waals surface area contributed by atoms with Crippen LogP contribution >= 0.6 is 0 Å². The first-order chi connectivity index (χ1) is 9.78. The zero-order valence-corrected chi connectivity index (χ0v) is 12.7. The number of hydrogen-bond acceptors (Lipinski definition) is 4. The summed E-state index contributed by atoms with van der Waals surface area (Å²) in [5, 5.41) is 3.30. The maximum absolute atomic E-state index is 5.94. The molecular formula is C16H25NO3. The van der Waals surface area contributed by atoms with E-state index in [-0.39, 0.29) is 0 Å². The van der Waals surface area contributed by atoms with E-state index in [0.29, 0.717) is 5.92 Å². The highest BCUT2D eigenvalue weighted by Gasteiger charge is 2.21. The van der Waals surface area contributed by atoms with Gasteiger partial charge in [0.05, 0.1) is 20.8 Å². The molecule has 0 radical (unpaired) electrons. The van der Waals surface area contributed by atoms with Gasteiger partial charge in [-0.1, -0.05) is 13.3 Å². The van der Waals surface area contributed by atoms with Crippen LogP contribution < -0.4 is 19.5 Å². The Balaban J connectivity index is 2.13. The van der Waals surface area contributed by atoms with E-state index in [9.17, 15) is 0 Å². The van der Waals surface area contributed by atoms with Gasteiger partial charge in [0.1, 0.15) is 0 Å². The fourth-order valence-electron chi connectivity index (χ4n) is 2.31. The summed E-state index contributed by atoms with van der Waals surface area (Å²) in [7, 11) is 3.34. The van der Waals surface area contributed by atoms with Crippen LogP contribution in [0.25, 0.3) is 0 Å². The fraction of sp³-hybridized carbons (Fsp3) is 0.625. The Kier molecular flexibility index (Phi) is 5.53. The van der Waals surface area contributed by atoms with Crippen molar-refractivity contribution in [3.8, 4) is 17.2 Å². The molecule has 112 valence electrons. The standard InChI is InChI=1S/C16H25NO3/c1-4-17-10-13-8-14(18-2)16(15(9-13)19-3)20-11-12-6-5-7-12/h8-9,12,17H,4-7,10-11H2,1-3H3. The van der Waals surface area contributed by atoms with Gasteiger partial charge in [0, 0.05) is 6.54 Å². The highest BCUT2D eigenvalue weighted by molar-refractivity contribution is 5.53. The monoisotopic (exact) mass is 279 g/mol. The molecule has 1 aliphatic rings. The average molecular weight is 279 g/mol. The van der Waals surface area contributed by atoms with E-state index in [2.05, 4.69) is 12.2 Å². The molecule has 0 spiro atoms. The molecule has 2 rings (SSSR count). The first kappa shape index (κ1) is 15.0. The summed E-state index contributed by atoms with van der Waals surface area (Å²) < 4.78 is 16.9. The summed E-state index contributed by atoms with van der Waals surface area (Å²) in [6, 6.07) is 4.03.